The molecule has 0 aliphatic carbocycles. The van der Waals surface area contributed by atoms with Crippen molar-refractivity contribution in [3.8, 4) is 0 Å². The van der Waals surface area contributed by atoms with Crippen molar-refractivity contribution in [3.63, 3.8) is 0 Å². The molecule has 3 fully saturated rings. The van der Waals surface area contributed by atoms with Gasteiger partial charge in [-0.15, -0.1) is 0 Å². The molecule has 0 spiro atoms. The predicted molar refractivity (Wildman–Crippen MR) is 113 cm³/mol. The van der Waals surface area contributed by atoms with E-state index in [0.717, 1.165) is 13.5 Å². The molecule has 0 aromatic rings. The third-order valence-corrected chi connectivity index (χ3v) is 5.54. The third kappa shape index (κ3) is 8.76. The van der Waals surface area contributed by atoms with Crippen LogP contribution in [0.15, 0.2) is 0 Å². The van der Waals surface area contributed by atoms with Crippen LogP contribution in [0.4, 0.5) is 13.2 Å². The van der Waals surface area contributed by atoms with Crippen LogP contribution in [0.3, 0.4) is 0 Å². The van der Waals surface area contributed by atoms with Crippen LogP contribution in [0.2, 0.25) is 0 Å². The molecule has 3 aliphatic rings. The highest BCUT2D eigenvalue weighted by molar-refractivity contribution is 6.02. The van der Waals surface area contributed by atoms with Crippen molar-refractivity contribution in [2.24, 2.45) is 5.92 Å². The number of hydrogen-bond donors (Lipinski definition) is 1. The number of hydrogen-bond acceptors (Lipinski definition) is 7. The number of imide groups is 3. The molecule has 3 rings (SSSR count). The van der Waals surface area contributed by atoms with E-state index in [9.17, 15) is 46.7 Å². The molecular formula is C21H29F3N4O7. The van der Waals surface area contributed by atoms with Gasteiger partial charge in [-0.2, -0.15) is 13.2 Å². The van der Waals surface area contributed by atoms with Gasteiger partial charge in [-0.3, -0.25) is 48.3 Å². The minimum absolute atomic E-state index is 0.0498. The molecule has 14 heteroatoms. The lowest BCUT2D eigenvalue weighted by atomic mass is 9.98. The molecule has 1 atom stereocenters. The normalized spacial score (nSPS) is 21.8. The lowest BCUT2D eigenvalue weighted by Gasteiger charge is -2.28. The summed E-state index contributed by atoms with van der Waals surface area (Å²) in [4.78, 5) is 79.3. The Labute approximate surface area is 199 Å². The summed E-state index contributed by atoms with van der Waals surface area (Å²) in [5.41, 5.74) is 0. The van der Waals surface area contributed by atoms with Crippen molar-refractivity contribution in [3.05, 3.63) is 0 Å². The molecule has 11 nitrogen and oxygen atoms in total. The van der Waals surface area contributed by atoms with Gasteiger partial charge < -0.3 is 5.32 Å². The van der Waals surface area contributed by atoms with Crippen LogP contribution in [0.25, 0.3) is 0 Å². The number of carbonyl (C=O) groups is 7. The maximum Gasteiger partial charge on any atom is 0.471 e. The number of nitrogens with one attached hydrogen (secondary N) is 1. The van der Waals surface area contributed by atoms with Gasteiger partial charge in [0.25, 0.3) is 5.91 Å². The minimum Gasteiger partial charge on any atom is -0.336 e. The first-order valence-corrected chi connectivity index (χ1v) is 10.8. The molecule has 3 heterocycles. The Morgan fingerprint density at radius 1 is 0.771 bits per heavy atom. The largest absolute Gasteiger partial charge is 0.471 e. The van der Waals surface area contributed by atoms with Gasteiger partial charge in [0.1, 0.15) is 6.04 Å². The van der Waals surface area contributed by atoms with Crippen molar-refractivity contribution in [2.75, 3.05) is 21.1 Å². The summed E-state index contributed by atoms with van der Waals surface area (Å²) in [6.45, 7) is 1.92. The Morgan fingerprint density at radius 2 is 1.20 bits per heavy atom. The average molecular weight is 506 g/mol. The predicted octanol–water partition coefficient (Wildman–Crippen LogP) is 0.369. The SMILES string of the molecule is CC1CC(=O)N(C)C(=O)C1.CN1C(=O)CCCC1=O.CN1C(=O)CC[C@H](NC(=O)C(F)(F)F)C1=O. The second-order valence-electron chi connectivity index (χ2n) is 8.41. The third-order valence-electron chi connectivity index (χ3n) is 5.54. The highest BCUT2D eigenvalue weighted by Crippen LogP contribution is 2.18. The van der Waals surface area contributed by atoms with E-state index in [1.165, 1.54) is 23.9 Å². The zero-order chi connectivity index (χ0) is 27.1. The second-order valence-corrected chi connectivity index (χ2v) is 8.41. The van der Waals surface area contributed by atoms with Crippen LogP contribution in [-0.2, 0) is 33.6 Å². The van der Waals surface area contributed by atoms with Crippen LogP contribution in [0.1, 0.15) is 51.9 Å². The number of rotatable bonds is 1. The summed E-state index contributed by atoms with van der Waals surface area (Å²) >= 11 is 0. The first kappa shape index (κ1) is 29.7. The average Bonchev–Trinajstić information content (AvgIpc) is 2.76. The Hall–Kier alpha value is -3.32. The standard InChI is InChI=1S/C8H9F3N2O3.C7H11NO2.C6H9NO2/c1-13-5(14)3-2-4(6(13)15)12-7(16)8(9,10)11;1-5-3-6(9)8(2)7(10)4-5;1-7-5(8)3-2-4-6(7)9/h4H,2-3H2,1H3,(H,12,16);5H,3-4H2,1-2H3;2-4H2,1H3/t4-;;/m0../s1. The maximum absolute atomic E-state index is 11.9. The van der Waals surface area contributed by atoms with E-state index in [0.29, 0.717) is 30.6 Å². The number of piperidine rings is 3. The first-order chi connectivity index (χ1) is 16.1. The zero-order valence-corrected chi connectivity index (χ0v) is 19.9. The van der Waals surface area contributed by atoms with Gasteiger partial charge in [0.15, 0.2) is 0 Å². The van der Waals surface area contributed by atoms with E-state index in [2.05, 4.69) is 0 Å². The summed E-state index contributed by atoms with van der Waals surface area (Å²) in [6, 6.07) is -1.28. The number of alkyl halides is 3. The molecule has 1 N–H and O–H groups in total. The summed E-state index contributed by atoms with van der Waals surface area (Å²) in [6.07, 6.45) is -2.38. The molecule has 35 heavy (non-hydrogen) atoms. The van der Waals surface area contributed by atoms with Gasteiger partial charge in [-0.25, -0.2) is 0 Å². The minimum atomic E-state index is -5.03. The molecule has 3 aliphatic heterocycles. The zero-order valence-electron chi connectivity index (χ0n) is 19.9. The number of carbonyl (C=O) groups excluding carboxylic acids is 7. The second kappa shape index (κ2) is 12.4. The number of halogens is 3. The van der Waals surface area contributed by atoms with E-state index < -0.39 is 29.9 Å². The molecular weight excluding hydrogens is 477 g/mol. The van der Waals surface area contributed by atoms with Crippen LogP contribution in [0.5, 0.6) is 0 Å². The molecule has 0 aromatic carbocycles. The van der Waals surface area contributed by atoms with Crippen molar-refractivity contribution in [2.45, 2.75) is 64.1 Å². The van der Waals surface area contributed by atoms with E-state index in [-0.39, 0.29) is 42.4 Å². The Bertz CT molecular complexity index is 857. The topological polar surface area (TPSA) is 141 Å². The highest BCUT2D eigenvalue weighted by atomic mass is 19.4. The van der Waals surface area contributed by atoms with Crippen molar-refractivity contribution < 1.29 is 46.7 Å². The van der Waals surface area contributed by atoms with Crippen LogP contribution < -0.4 is 5.32 Å². The molecule has 3 saturated heterocycles. The van der Waals surface area contributed by atoms with Crippen molar-refractivity contribution in [1.82, 2.24) is 20.0 Å². The summed E-state index contributed by atoms with van der Waals surface area (Å²) in [5, 5.41) is 1.55. The van der Waals surface area contributed by atoms with Crippen LogP contribution in [0, 0.1) is 5.92 Å². The summed E-state index contributed by atoms with van der Waals surface area (Å²) in [7, 11) is 4.23. The van der Waals surface area contributed by atoms with Gasteiger partial charge in [0.05, 0.1) is 0 Å². The molecule has 0 bridgehead atoms. The molecule has 196 valence electrons. The highest BCUT2D eigenvalue weighted by Gasteiger charge is 2.42. The lowest BCUT2D eigenvalue weighted by Crippen LogP contribution is -2.55. The van der Waals surface area contributed by atoms with Gasteiger partial charge in [-0.05, 0) is 18.8 Å². The summed E-state index contributed by atoms with van der Waals surface area (Å²) < 4.78 is 35.7. The molecule has 0 radical (unpaired) electrons. The van der Waals surface area contributed by atoms with E-state index in [1.807, 2.05) is 6.92 Å². The number of likely N-dealkylation sites (N-methyl/N-ethyl adjacent to an activating group) is 1. The van der Waals surface area contributed by atoms with Crippen molar-refractivity contribution in [1.29, 1.82) is 0 Å². The smallest absolute Gasteiger partial charge is 0.336 e. The van der Waals surface area contributed by atoms with Crippen LogP contribution in [-0.4, -0.2) is 89.4 Å². The summed E-state index contributed by atoms with van der Waals surface area (Å²) in [5.74, 6) is -3.44. The molecule has 0 unspecified atom stereocenters. The number of amides is 7. The molecule has 7 amide bonds. The first-order valence-electron chi connectivity index (χ1n) is 10.8. The Morgan fingerprint density at radius 3 is 1.63 bits per heavy atom. The van der Waals surface area contributed by atoms with Crippen molar-refractivity contribution >= 4 is 41.4 Å². The fourth-order valence-electron chi connectivity index (χ4n) is 3.24. The van der Waals surface area contributed by atoms with E-state index >= 15 is 0 Å². The fourth-order valence-corrected chi connectivity index (χ4v) is 3.24. The van der Waals surface area contributed by atoms with Gasteiger partial charge >= 0.3 is 12.1 Å². The van der Waals surface area contributed by atoms with Gasteiger partial charge in [0.2, 0.25) is 29.5 Å². The molecule has 0 aromatic heterocycles. The van der Waals surface area contributed by atoms with Crippen LogP contribution >= 0.6 is 0 Å². The molecule has 0 saturated carbocycles. The number of nitrogens with zero attached hydrogens (tertiary/aromatic N) is 3. The van der Waals surface area contributed by atoms with E-state index in [1.54, 1.807) is 5.32 Å². The number of likely N-dealkylation sites (tertiary alicyclic amines) is 3. The fraction of sp³-hybridized carbons (Fsp3) is 0.667. The maximum atomic E-state index is 11.9. The lowest BCUT2D eigenvalue weighted by molar-refractivity contribution is -0.175. The Balaban J connectivity index is 0.000000278. The van der Waals surface area contributed by atoms with Gasteiger partial charge in [-0.1, -0.05) is 6.92 Å². The van der Waals surface area contributed by atoms with Gasteiger partial charge in [0, 0.05) is 53.2 Å². The quantitative estimate of drug-likeness (QED) is 0.507. The monoisotopic (exact) mass is 506 g/mol. The Kier molecular flexibility index (Phi) is 10.5. The van der Waals surface area contributed by atoms with E-state index in [4.69, 9.17) is 0 Å².